The smallest absolute Gasteiger partial charge is 0.166 e. The molecule has 0 nitrogen and oxygen atoms in total. The highest BCUT2D eigenvalue weighted by atomic mass is 19.4. The van der Waals surface area contributed by atoms with Gasteiger partial charge in [-0.25, -0.2) is 0 Å². The summed E-state index contributed by atoms with van der Waals surface area (Å²) in [5.41, 5.74) is -0.212. The summed E-state index contributed by atoms with van der Waals surface area (Å²) in [6.07, 6.45) is 1.88. The SMILES string of the molecule is C=C/C=C(\C(=C/C)CC(C)CCC)C(F)(F)F. The maximum absolute atomic E-state index is 12.8. The van der Waals surface area contributed by atoms with Crippen LogP contribution in [0.3, 0.4) is 0 Å². The van der Waals surface area contributed by atoms with Crippen LogP contribution in [0.1, 0.15) is 40.0 Å². The second-order valence-corrected chi connectivity index (χ2v) is 4.23. The Labute approximate surface area is 102 Å². The Morgan fingerprint density at radius 2 is 1.94 bits per heavy atom. The highest BCUT2D eigenvalue weighted by Crippen LogP contribution is 2.34. The first kappa shape index (κ1) is 16.0. The second kappa shape index (κ2) is 7.36. The molecule has 0 radical (unpaired) electrons. The number of halogens is 3. The fraction of sp³-hybridized carbons (Fsp3) is 0.571. The van der Waals surface area contributed by atoms with Gasteiger partial charge in [-0.3, -0.25) is 0 Å². The molecule has 0 saturated heterocycles. The van der Waals surface area contributed by atoms with Gasteiger partial charge in [0, 0.05) is 0 Å². The van der Waals surface area contributed by atoms with Crippen molar-refractivity contribution in [1.29, 1.82) is 0 Å². The number of allylic oxidation sites excluding steroid dienone is 5. The average Bonchev–Trinajstić information content (AvgIpc) is 2.22. The third-order valence-corrected chi connectivity index (χ3v) is 2.63. The zero-order valence-corrected chi connectivity index (χ0v) is 10.8. The van der Waals surface area contributed by atoms with E-state index in [0.29, 0.717) is 12.0 Å². The van der Waals surface area contributed by atoms with E-state index in [9.17, 15) is 13.2 Å². The molecule has 0 bridgehead atoms. The van der Waals surface area contributed by atoms with Crippen molar-refractivity contribution in [2.45, 2.75) is 46.2 Å². The lowest BCUT2D eigenvalue weighted by Gasteiger charge is -2.18. The minimum Gasteiger partial charge on any atom is -0.166 e. The predicted octanol–water partition coefficient (Wildman–Crippen LogP) is 5.43. The molecule has 0 aromatic carbocycles. The fourth-order valence-electron chi connectivity index (χ4n) is 1.86. The summed E-state index contributed by atoms with van der Waals surface area (Å²) >= 11 is 0. The Bertz CT molecular complexity index is 295. The van der Waals surface area contributed by atoms with Crippen molar-refractivity contribution in [3.63, 3.8) is 0 Å². The molecule has 0 N–H and O–H groups in total. The van der Waals surface area contributed by atoms with Crippen LogP contribution in [0.15, 0.2) is 36.0 Å². The van der Waals surface area contributed by atoms with Gasteiger partial charge in [0.2, 0.25) is 0 Å². The molecule has 98 valence electrons. The predicted molar refractivity (Wildman–Crippen MR) is 66.8 cm³/mol. The third kappa shape index (κ3) is 5.76. The largest absolute Gasteiger partial charge is 0.416 e. The maximum atomic E-state index is 12.8. The van der Waals surface area contributed by atoms with E-state index in [-0.39, 0.29) is 5.92 Å². The molecule has 3 heteroatoms. The lowest BCUT2D eigenvalue weighted by atomic mass is 9.91. The highest BCUT2D eigenvalue weighted by molar-refractivity contribution is 5.37. The molecule has 0 aromatic rings. The van der Waals surface area contributed by atoms with Crippen LogP contribution in [-0.4, -0.2) is 6.18 Å². The van der Waals surface area contributed by atoms with Gasteiger partial charge in [0.15, 0.2) is 0 Å². The topological polar surface area (TPSA) is 0 Å². The second-order valence-electron chi connectivity index (χ2n) is 4.23. The molecule has 1 atom stereocenters. The van der Waals surface area contributed by atoms with Gasteiger partial charge >= 0.3 is 6.18 Å². The molecule has 0 heterocycles. The summed E-state index contributed by atoms with van der Waals surface area (Å²) in [5, 5.41) is 0. The van der Waals surface area contributed by atoms with Crippen molar-refractivity contribution in [2.24, 2.45) is 5.92 Å². The van der Waals surface area contributed by atoms with E-state index in [1.807, 2.05) is 13.8 Å². The Morgan fingerprint density at radius 3 is 2.29 bits per heavy atom. The van der Waals surface area contributed by atoms with Gasteiger partial charge in [-0.05, 0) is 24.8 Å². The summed E-state index contributed by atoms with van der Waals surface area (Å²) in [5.74, 6) is 0.266. The molecule has 0 spiro atoms. The van der Waals surface area contributed by atoms with E-state index in [1.165, 1.54) is 6.08 Å². The molecule has 0 rings (SSSR count). The molecule has 17 heavy (non-hydrogen) atoms. The maximum Gasteiger partial charge on any atom is 0.416 e. The van der Waals surface area contributed by atoms with Crippen molar-refractivity contribution in [3.05, 3.63) is 36.0 Å². The van der Waals surface area contributed by atoms with Crippen LogP contribution in [0.25, 0.3) is 0 Å². The van der Waals surface area contributed by atoms with E-state index in [4.69, 9.17) is 0 Å². The molecule has 0 fully saturated rings. The molecule has 0 saturated carbocycles. The van der Waals surface area contributed by atoms with Crippen molar-refractivity contribution in [2.75, 3.05) is 0 Å². The first-order chi connectivity index (χ1) is 7.86. The minimum atomic E-state index is -4.30. The van der Waals surface area contributed by atoms with Crippen LogP contribution in [0.4, 0.5) is 13.2 Å². The Kier molecular flexibility index (Phi) is 6.93. The van der Waals surface area contributed by atoms with Crippen LogP contribution in [0, 0.1) is 5.92 Å². The number of rotatable bonds is 6. The first-order valence-electron chi connectivity index (χ1n) is 5.92. The van der Waals surface area contributed by atoms with Gasteiger partial charge in [0.1, 0.15) is 0 Å². The van der Waals surface area contributed by atoms with Gasteiger partial charge in [0.05, 0.1) is 5.57 Å². The van der Waals surface area contributed by atoms with Crippen LogP contribution < -0.4 is 0 Å². The summed E-state index contributed by atoms with van der Waals surface area (Å²) in [4.78, 5) is 0. The zero-order chi connectivity index (χ0) is 13.5. The highest BCUT2D eigenvalue weighted by Gasteiger charge is 2.35. The monoisotopic (exact) mass is 246 g/mol. The van der Waals surface area contributed by atoms with Crippen LogP contribution in [0.5, 0.6) is 0 Å². The Balaban J connectivity index is 4.96. The van der Waals surface area contributed by atoms with Gasteiger partial charge in [-0.15, -0.1) is 0 Å². The molecule has 1 unspecified atom stereocenters. The lowest BCUT2D eigenvalue weighted by Crippen LogP contribution is -2.15. The van der Waals surface area contributed by atoms with E-state index < -0.39 is 11.7 Å². The van der Waals surface area contributed by atoms with Crippen LogP contribution in [0.2, 0.25) is 0 Å². The van der Waals surface area contributed by atoms with E-state index in [0.717, 1.165) is 18.9 Å². The molecular weight excluding hydrogens is 225 g/mol. The third-order valence-electron chi connectivity index (χ3n) is 2.63. The average molecular weight is 246 g/mol. The molecular formula is C14H21F3. The number of hydrogen-bond donors (Lipinski definition) is 0. The standard InChI is InChI=1S/C14H21F3/c1-5-8-11(4)10-12(7-3)13(9-6-2)14(15,16)17/h6-7,9,11H,2,5,8,10H2,1,3-4H3/b12-7-,13-9+. The number of alkyl halides is 3. The van der Waals surface area contributed by atoms with Gasteiger partial charge in [0.25, 0.3) is 0 Å². The van der Waals surface area contributed by atoms with Crippen molar-refractivity contribution >= 4 is 0 Å². The van der Waals surface area contributed by atoms with Gasteiger partial charge in [-0.2, -0.15) is 13.2 Å². The first-order valence-corrected chi connectivity index (χ1v) is 5.92. The van der Waals surface area contributed by atoms with E-state index in [2.05, 4.69) is 6.58 Å². The van der Waals surface area contributed by atoms with Gasteiger partial charge < -0.3 is 0 Å². The number of hydrogen-bond acceptors (Lipinski definition) is 0. The van der Waals surface area contributed by atoms with Crippen molar-refractivity contribution in [3.8, 4) is 0 Å². The lowest BCUT2D eigenvalue weighted by molar-refractivity contribution is -0.0897. The molecule has 0 aliphatic carbocycles. The Morgan fingerprint density at radius 1 is 1.35 bits per heavy atom. The Hall–Kier alpha value is -0.990. The van der Waals surface area contributed by atoms with E-state index in [1.54, 1.807) is 13.0 Å². The molecule has 0 aliphatic rings. The summed E-state index contributed by atoms with van der Waals surface area (Å²) in [7, 11) is 0. The molecule has 0 aliphatic heterocycles. The molecule has 0 aromatic heterocycles. The van der Waals surface area contributed by atoms with Crippen molar-refractivity contribution < 1.29 is 13.2 Å². The van der Waals surface area contributed by atoms with Crippen LogP contribution in [-0.2, 0) is 0 Å². The van der Waals surface area contributed by atoms with E-state index >= 15 is 0 Å². The quantitative estimate of drug-likeness (QED) is 0.548. The summed E-state index contributed by atoms with van der Waals surface area (Å²) in [6.45, 7) is 9.01. The van der Waals surface area contributed by atoms with Gasteiger partial charge in [-0.1, -0.05) is 51.5 Å². The minimum absolute atomic E-state index is 0.266. The fourth-order valence-corrected chi connectivity index (χ4v) is 1.86. The zero-order valence-electron chi connectivity index (χ0n) is 10.8. The summed E-state index contributed by atoms with van der Waals surface area (Å²) in [6, 6.07) is 0. The van der Waals surface area contributed by atoms with Crippen molar-refractivity contribution in [1.82, 2.24) is 0 Å². The summed E-state index contributed by atoms with van der Waals surface area (Å²) < 4.78 is 38.5. The van der Waals surface area contributed by atoms with Crippen LogP contribution >= 0.6 is 0 Å². The normalized spacial score (nSPS) is 15.9. The molecule has 0 amide bonds.